The summed E-state index contributed by atoms with van der Waals surface area (Å²) >= 11 is 0. The van der Waals surface area contributed by atoms with E-state index in [0.717, 1.165) is 32.2 Å². The number of carboxylic acid groups (broad SMARTS) is 1. The number of halogens is 2. The van der Waals surface area contributed by atoms with Gasteiger partial charge in [-0.15, -0.1) is 0 Å². The smallest absolute Gasteiger partial charge is 0.320 e. The number of rotatable bonds is 3. The maximum absolute atomic E-state index is 13.2. The van der Waals surface area contributed by atoms with Crippen LogP contribution in [-0.4, -0.2) is 41.0 Å². The number of hydrogen-bond donors (Lipinski definition) is 1. The molecule has 1 aliphatic heterocycles. The van der Waals surface area contributed by atoms with E-state index in [0.29, 0.717) is 19.4 Å². The predicted molar refractivity (Wildman–Crippen MR) is 68.4 cm³/mol. The average Bonchev–Trinajstić information content (AvgIpc) is 2.61. The molecule has 1 N–H and O–H groups in total. The molecule has 0 aromatic carbocycles. The van der Waals surface area contributed by atoms with Gasteiger partial charge in [-0.2, -0.15) is 0 Å². The molecule has 3 nitrogen and oxygen atoms in total. The van der Waals surface area contributed by atoms with Crippen molar-refractivity contribution in [3.63, 3.8) is 0 Å². The molecule has 2 fully saturated rings. The molecule has 2 rings (SSSR count). The van der Waals surface area contributed by atoms with Crippen molar-refractivity contribution in [3.05, 3.63) is 0 Å². The maximum atomic E-state index is 13.2. The van der Waals surface area contributed by atoms with Gasteiger partial charge < -0.3 is 5.11 Å². The summed E-state index contributed by atoms with van der Waals surface area (Å²) in [4.78, 5) is 13.3. The van der Waals surface area contributed by atoms with Crippen LogP contribution in [0.5, 0.6) is 0 Å². The third-order valence-corrected chi connectivity index (χ3v) is 4.40. The van der Waals surface area contributed by atoms with Crippen molar-refractivity contribution >= 4 is 5.97 Å². The highest BCUT2D eigenvalue weighted by atomic mass is 19.3. The van der Waals surface area contributed by atoms with E-state index in [-0.39, 0.29) is 18.8 Å². The Hall–Kier alpha value is -0.710. The van der Waals surface area contributed by atoms with Crippen molar-refractivity contribution < 1.29 is 18.7 Å². The molecule has 19 heavy (non-hydrogen) atoms. The number of nitrogens with zero attached hydrogens (tertiary/aromatic N) is 1. The molecular weight excluding hydrogens is 252 g/mol. The summed E-state index contributed by atoms with van der Waals surface area (Å²) in [5.41, 5.74) is 0. The lowest BCUT2D eigenvalue weighted by Crippen LogP contribution is -2.44. The number of alkyl halides is 2. The van der Waals surface area contributed by atoms with Crippen LogP contribution >= 0.6 is 0 Å². The summed E-state index contributed by atoms with van der Waals surface area (Å²) < 4.78 is 26.4. The molecular formula is C14H23F2NO2. The van der Waals surface area contributed by atoms with E-state index in [4.69, 9.17) is 0 Å². The molecule has 0 aromatic rings. The maximum Gasteiger partial charge on any atom is 0.320 e. The Morgan fingerprint density at radius 2 is 1.95 bits per heavy atom. The van der Waals surface area contributed by atoms with Gasteiger partial charge in [0.2, 0.25) is 5.92 Å². The highest BCUT2D eigenvalue weighted by Crippen LogP contribution is 2.39. The van der Waals surface area contributed by atoms with E-state index in [9.17, 15) is 18.7 Å². The monoisotopic (exact) mass is 275 g/mol. The summed E-state index contributed by atoms with van der Waals surface area (Å²) in [5.74, 6) is -3.38. The SMILES string of the molecule is O=C(O)C1CCCCCCN1CC1CCC(F)(F)C1. The second-order valence-corrected chi connectivity index (χ2v) is 6.02. The van der Waals surface area contributed by atoms with Gasteiger partial charge in [-0.25, -0.2) is 8.78 Å². The minimum absolute atomic E-state index is 0.0384. The highest BCUT2D eigenvalue weighted by molar-refractivity contribution is 5.73. The molecule has 110 valence electrons. The van der Waals surface area contributed by atoms with Crippen molar-refractivity contribution in [1.29, 1.82) is 0 Å². The van der Waals surface area contributed by atoms with Crippen LogP contribution in [0.25, 0.3) is 0 Å². The van der Waals surface area contributed by atoms with E-state index < -0.39 is 17.9 Å². The lowest BCUT2D eigenvalue weighted by atomic mass is 9.99. The number of carboxylic acids is 1. The molecule has 2 unspecified atom stereocenters. The van der Waals surface area contributed by atoms with Crippen LogP contribution < -0.4 is 0 Å². The number of hydrogen-bond acceptors (Lipinski definition) is 2. The van der Waals surface area contributed by atoms with Gasteiger partial charge in [0, 0.05) is 19.4 Å². The predicted octanol–water partition coefficient (Wildman–Crippen LogP) is 3.14. The summed E-state index contributed by atoms with van der Waals surface area (Å²) in [7, 11) is 0. The summed E-state index contributed by atoms with van der Waals surface area (Å²) in [6.45, 7) is 1.26. The van der Waals surface area contributed by atoms with Crippen LogP contribution in [0.3, 0.4) is 0 Å². The molecule has 0 bridgehead atoms. The molecule has 5 heteroatoms. The third kappa shape index (κ3) is 4.13. The minimum atomic E-state index is -2.54. The van der Waals surface area contributed by atoms with E-state index in [1.54, 1.807) is 0 Å². The summed E-state index contributed by atoms with van der Waals surface area (Å²) in [6, 6.07) is -0.477. The lowest BCUT2D eigenvalue weighted by molar-refractivity contribution is -0.144. The van der Waals surface area contributed by atoms with Crippen LogP contribution in [0.4, 0.5) is 8.78 Å². The number of likely N-dealkylation sites (tertiary alicyclic amines) is 1. The zero-order chi connectivity index (χ0) is 13.9. The molecule has 1 aliphatic carbocycles. The number of carbonyl (C=O) groups is 1. The first kappa shape index (κ1) is 14.7. The Morgan fingerprint density at radius 3 is 2.58 bits per heavy atom. The largest absolute Gasteiger partial charge is 0.480 e. The Balaban J connectivity index is 1.95. The molecule has 2 atom stereocenters. The normalized spacial score (nSPS) is 32.7. The fraction of sp³-hybridized carbons (Fsp3) is 0.929. The fourth-order valence-electron chi connectivity index (χ4n) is 3.37. The van der Waals surface area contributed by atoms with Gasteiger partial charge in [-0.3, -0.25) is 9.69 Å². The molecule has 0 spiro atoms. The Morgan fingerprint density at radius 1 is 1.21 bits per heavy atom. The highest BCUT2D eigenvalue weighted by Gasteiger charge is 2.40. The minimum Gasteiger partial charge on any atom is -0.480 e. The first-order valence-electron chi connectivity index (χ1n) is 7.33. The molecule has 1 saturated carbocycles. The first-order valence-corrected chi connectivity index (χ1v) is 7.33. The van der Waals surface area contributed by atoms with Gasteiger partial charge in [0.25, 0.3) is 0 Å². The average molecular weight is 275 g/mol. The van der Waals surface area contributed by atoms with Crippen molar-refractivity contribution in [2.24, 2.45) is 5.92 Å². The second-order valence-electron chi connectivity index (χ2n) is 6.02. The number of aliphatic carboxylic acids is 1. The fourth-order valence-corrected chi connectivity index (χ4v) is 3.37. The van der Waals surface area contributed by atoms with E-state index in [1.165, 1.54) is 0 Å². The van der Waals surface area contributed by atoms with E-state index in [1.807, 2.05) is 4.90 Å². The summed E-state index contributed by atoms with van der Waals surface area (Å²) in [5, 5.41) is 9.31. The van der Waals surface area contributed by atoms with Gasteiger partial charge in [0.05, 0.1) is 0 Å². The van der Waals surface area contributed by atoms with Crippen molar-refractivity contribution in [3.8, 4) is 0 Å². The van der Waals surface area contributed by atoms with Crippen LogP contribution in [0.2, 0.25) is 0 Å². The summed E-state index contributed by atoms with van der Waals surface area (Å²) in [6.07, 6.45) is 5.16. The van der Waals surface area contributed by atoms with E-state index in [2.05, 4.69) is 0 Å². The molecule has 0 amide bonds. The molecule has 0 radical (unpaired) electrons. The molecule has 0 aromatic heterocycles. The van der Waals surface area contributed by atoms with Gasteiger partial charge >= 0.3 is 5.97 Å². The van der Waals surface area contributed by atoms with Gasteiger partial charge in [-0.05, 0) is 31.7 Å². The van der Waals surface area contributed by atoms with Crippen LogP contribution in [0.1, 0.15) is 51.4 Å². The molecule has 1 saturated heterocycles. The van der Waals surface area contributed by atoms with E-state index >= 15 is 0 Å². The zero-order valence-corrected chi connectivity index (χ0v) is 11.3. The molecule has 2 aliphatic rings. The van der Waals surface area contributed by atoms with Crippen molar-refractivity contribution in [2.45, 2.75) is 63.3 Å². The van der Waals surface area contributed by atoms with Gasteiger partial charge in [-0.1, -0.05) is 19.3 Å². The van der Waals surface area contributed by atoms with Gasteiger partial charge in [0.1, 0.15) is 6.04 Å². The quantitative estimate of drug-likeness (QED) is 0.860. The first-order chi connectivity index (χ1) is 8.98. The van der Waals surface area contributed by atoms with Gasteiger partial charge in [0.15, 0.2) is 0 Å². The zero-order valence-electron chi connectivity index (χ0n) is 11.3. The van der Waals surface area contributed by atoms with Crippen LogP contribution in [-0.2, 0) is 4.79 Å². The second kappa shape index (κ2) is 6.16. The van der Waals surface area contributed by atoms with Crippen molar-refractivity contribution in [1.82, 2.24) is 4.90 Å². The third-order valence-electron chi connectivity index (χ3n) is 4.40. The van der Waals surface area contributed by atoms with Crippen LogP contribution in [0.15, 0.2) is 0 Å². The Bertz CT molecular complexity index is 323. The Labute approximate surface area is 113 Å². The molecule has 1 heterocycles. The Kier molecular flexibility index (Phi) is 4.76. The topological polar surface area (TPSA) is 40.5 Å². The van der Waals surface area contributed by atoms with Crippen molar-refractivity contribution in [2.75, 3.05) is 13.1 Å². The lowest BCUT2D eigenvalue weighted by Gasteiger charge is -2.32. The standard InChI is InChI=1S/C14H23F2NO2/c15-14(16)7-6-11(9-14)10-17-8-4-2-1-3-5-12(17)13(18)19/h11-12H,1-10H2,(H,18,19). The van der Waals surface area contributed by atoms with Crippen LogP contribution in [0, 0.1) is 5.92 Å².